The van der Waals surface area contributed by atoms with Gasteiger partial charge in [-0.05, 0) is 54.6 Å². The van der Waals surface area contributed by atoms with Gasteiger partial charge in [0.25, 0.3) is 5.91 Å². The Morgan fingerprint density at radius 2 is 1.81 bits per heavy atom. The second kappa shape index (κ2) is 9.51. The van der Waals surface area contributed by atoms with Crippen molar-refractivity contribution in [1.29, 1.82) is 0 Å². The third kappa shape index (κ3) is 5.07. The fourth-order valence-corrected chi connectivity index (χ4v) is 4.81. The summed E-state index contributed by atoms with van der Waals surface area (Å²) in [7, 11) is -4.27. The Hall–Kier alpha value is -2.88. The summed E-state index contributed by atoms with van der Waals surface area (Å²) < 4.78 is 55.3. The quantitative estimate of drug-likeness (QED) is 0.557. The number of hydrogen-bond acceptors (Lipinski definition) is 5. The fraction of sp³-hybridized carbons (Fsp3) is 0.143. The fourth-order valence-electron chi connectivity index (χ4n) is 2.93. The smallest absolute Gasteiger partial charge is 0.252 e. The Bertz CT molecular complexity index is 1190. The molecule has 3 aromatic rings. The second-order valence-corrected chi connectivity index (χ2v) is 8.97. The maximum atomic E-state index is 14.6. The van der Waals surface area contributed by atoms with E-state index in [1.807, 2.05) is 0 Å². The van der Waals surface area contributed by atoms with Gasteiger partial charge < -0.3 is 10.4 Å². The molecule has 0 bridgehead atoms. The standard InChI is InChI=1S/C21H17ClF2N2O4S/c22-14-2-5-16(6-3-14)31(29,30)20(17-11-15(23)4-7-18(17)24)19-8-1-13(12-26-19)21(28)25-9-10-27/h1-8,11-12,20,27H,9-10H2,(H,25,28). The molecule has 162 valence electrons. The van der Waals surface area contributed by atoms with E-state index < -0.39 is 38.2 Å². The molecule has 31 heavy (non-hydrogen) atoms. The molecule has 0 aliphatic heterocycles. The minimum Gasteiger partial charge on any atom is -0.395 e. The predicted octanol–water partition coefficient (Wildman–Crippen LogP) is 3.30. The summed E-state index contributed by atoms with van der Waals surface area (Å²) in [4.78, 5) is 15.9. The van der Waals surface area contributed by atoms with Crippen molar-refractivity contribution in [3.05, 3.63) is 94.3 Å². The topological polar surface area (TPSA) is 96.4 Å². The van der Waals surface area contributed by atoms with Crippen LogP contribution in [0.1, 0.15) is 26.9 Å². The van der Waals surface area contributed by atoms with Crippen molar-refractivity contribution in [2.24, 2.45) is 0 Å². The maximum absolute atomic E-state index is 14.6. The average molecular weight is 467 g/mol. The number of rotatable bonds is 7. The Morgan fingerprint density at radius 1 is 1.10 bits per heavy atom. The summed E-state index contributed by atoms with van der Waals surface area (Å²) >= 11 is 5.83. The molecule has 1 heterocycles. The summed E-state index contributed by atoms with van der Waals surface area (Å²) in [6.45, 7) is -0.222. The molecular formula is C21H17ClF2N2O4S. The summed E-state index contributed by atoms with van der Waals surface area (Å²) in [6.07, 6.45) is 1.13. The first kappa shape index (κ1) is 22.8. The molecular weight excluding hydrogens is 450 g/mol. The van der Waals surface area contributed by atoms with Crippen molar-refractivity contribution in [3.63, 3.8) is 0 Å². The van der Waals surface area contributed by atoms with Gasteiger partial charge >= 0.3 is 0 Å². The van der Waals surface area contributed by atoms with Gasteiger partial charge in [-0.15, -0.1) is 0 Å². The minimum atomic E-state index is -4.27. The number of aromatic nitrogens is 1. The Morgan fingerprint density at radius 3 is 2.42 bits per heavy atom. The number of pyridine rings is 1. The number of halogens is 3. The zero-order valence-electron chi connectivity index (χ0n) is 15.9. The molecule has 0 saturated carbocycles. The first-order valence-electron chi connectivity index (χ1n) is 9.03. The van der Waals surface area contributed by atoms with Gasteiger partial charge in [0.2, 0.25) is 0 Å². The van der Waals surface area contributed by atoms with Crippen LogP contribution in [0.3, 0.4) is 0 Å². The van der Waals surface area contributed by atoms with E-state index in [0.29, 0.717) is 5.02 Å². The normalized spacial score (nSPS) is 12.4. The predicted molar refractivity (Wildman–Crippen MR) is 110 cm³/mol. The van der Waals surface area contributed by atoms with Crippen molar-refractivity contribution >= 4 is 27.3 Å². The molecule has 6 nitrogen and oxygen atoms in total. The molecule has 0 radical (unpaired) electrons. The van der Waals surface area contributed by atoms with Crippen LogP contribution >= 0.6 is 11.6 Å². The first-order valence-corrected chi connectivity index (χ1v) is 11.0. The van der Waals surface area contributed by atoms with Gasteiger partial charge in [0.15, 0.2) is 9.84 Å². The summed E-state index contributed by atoms with van der Waals surface area (Å²) in [5.41, 5.74) is -0.405. The van der Waals surface area contributed by atoms with Crippen molar-refractivity contribution in [2.75, 3.05) is 13.2 Å². The third-order valence-electron chi connectivity index (χ3n) is 4.41. The number of benzene rings is 2. The molecule has 2 N–H and O–H groups in total. The SMILES string of the molecule is O=C(NCCO)c1ccc(C(c2cc(F)ccc2F)S(=O)(=O)c2ccc(Cl)cc2)nc1. The molecule has 0 aliphatic carbocycles. The number of sulfone groups is 1. The van der Waals surface area contributed by atoms with E-state index in [4.69, 9.17) is 16.7 Å². The van der Waals surface area contributed by atoms with Crippen LogP contribution in [0.5, 0.6) is 0 Å². The van der Waals surface area contributed by atoms with E-state index in [1.165, 1.54) is 36.4 Å². The van der Waals surface area contributed by atoms with Crippen molar-refractivity contribution in [3.8, 4) is 0 Å². The van der Waals surface area contributed by atoms with Gasteiger partial charge in [0.05, 0.1) is 22.8 Å². The number of aliphatic hydroxyl groups is 1. The van der Waals surface area contributed by atoms with Crippen LogP contribution in [-0.2, 0) is 9.84 Å². The number of aliphatic hydroxyl groups excluding tert-OH is 1. The average Bonchev–Trinajstić information content (AvgIpc) is 2.75. The maximum Gasteiger partial charge on any atom is 0.252 e. The zero-order chi connectivity index (χ0) is 22.6. The van der Waals surface area contributed by atoms with E-state index in [9.17, 15) is 22.0 Å². The minimum absolute atomic E-state index is 0.0304. The Labute approximate surface area is 182 Å². The van der Waals surface area contributed by atoms with Crippen molar-refractivity contribution in [1.82, 2.24) is 10.3 Å². The highest BCUT2D eigenvalue weighted by Crippen LogP contribution is 2.36. The molecule has 0 spiro atoms. The monoisotopic (exact) mass is 466 g/mol. The van der Waals surface area contributed by atoms with E-state index >= 15 is 0 Å². The lowest BCUT2D eigenvalue weighted by molar-refractivity contribution is 0.0944. The number of amides is 1. The molecule has 2 aromatic carbocycles. The van der Waals surface area contributed by atoms with Crippen molar-refractivity contribution < 1.29 is 27.1 Å². The summed E-state index contributed by atoms with van der Waals surface area (Å²) in [5.74, 6) is -2.26. The van der Waals surface area contributed by atoms with Crippen LogP contribution in [0.25, 0.3) is 0 Å². The number of hydrogen-bond donors (Lipinski definition) is 2. The van der Waals surface area contributed by atoms with Gasteiger partial charge in [-0.25, -0.2) is 17.2 Å². The van der Waals surface area contributed by atoms with Crippen LogP contribution in [0, 0.1) is 11.6 Å². The molecule has 1 unspecified atom stereocenters. The van der Waals surface area contributed by atoms with E-state index in [2.05, 4.69) is 10.3 Å². The lowest BCUT2D eigenvalue weighted by atomic mass is 10.1. The van der Waals surface area contributed by atoms with Gasteiger partial charge in [-0.2, -0.15) is 0 Å². The Balaban J connectivity index is 2.12. The van der Waals surface area contributed by atoms with E-state index in [-0.39, 0.29) is 29.3 Å². The number of nitrogens with zero attached hydrogens (tertiary/aromatic N) is 1. The first-order chi connectivity index (χ1) is 14.7. The molecule has 1 aromatic heterocycles. The molecule has 0 aliphatic rings. The van der Waals surface area contributed by atoms with Crippen molar-refractivity contribution in [2.45, 2.75) is 10.1 Å². The highest BCUT2D eigenvalue weighted by Gasteiger charge is 2.34. The molecule has 1 amide bonds. The summed E-state index contributed by atoms with van der Waals surface area (Å²) in [5, 5.41) is 9.88. The molecule has 1 atom stereocenters. The highest BCUT2D eigenvalue weighted by atomic mass is 35.5. The summed E-state index contributed by atoms with van der Waals surface area (Å²) in [6, 6.07) is 10.4. The number of carbonyl (C=O) groups excluding carboxylic acids is 1. The molecule has 10 heteroatoms. The lowest BCUT2D eigenvalue weighted by Crippen LogP contribution is -2.26. The second-order valence-electron chi connectivity index (χ2n) is 6.50. The number of carbonyl (C=O) groups is 1. The Kier molecular flexibility index (Phi) is 6.99. The highest BCUT2D eigenvalue weighted by molar-refractivity contribution is 7.91. The largest absolute Gasteiger partial charge is 0.395 e. The van der Waals surface area contributed by atoms with Gasteiger partial charge in [-0.3, -0.25) is 9.78 Å². The number of nitrogens with one attached hydrogen (secondary N) is 1. The molecule has 0 fully saturated rings. The van der Waals surface area contributed by atoms with Crippen LogP contribution in [0.4, 0.5) is 8.78 Å². The molecule has 0 saturated heterocycles. The van der Waals surface area contributed by atoms with Crippen LogP contribution in [0.2, 0.25) is 5.02 Å². The third-order valence-corrected chi connectivity index (χ3v) is 6.70. The zero-order valence-corrected chi connectivity index (χ0v) is 17.5. The molecule has 3 rings (SSSR count). The van der Waals surface area contributed by atoms with Crippen LogP contribution in [-0.4, -0.2) is 37.6 Å². The lowest BCUT2D eigenvalue weighted by Gasteiger charge is -2.19. The van der Waals surface area contributed by atoms with Crippen LogP contribution in [0.15, 0.2) is 65.7 Å². The van der Waals surface area contributed by atoms with Gasteiger partial charge in [0.1, 0.15) is 16.9 Å². The van der Waals surface area contributed by atoms with Gasteiger partial charge in [-0.1, -0.05) is 11.6 Å². The van der Waals surface area contributed by atoms with Crippen LogP contribution < -0.4 is 5.32 Å². The van der Waals surface area contributed by atoms with Gasteiger partial charge in [0, 0.05) is 23.3 Å². The van der Waals surface area contributed by atoms with E-state index in [1.54, 1.807) is 0 Å². The van der Waals surface area contributed by atoms with E-state index in [0.717, 1.165) is 24.4 Å².